The lowest BCUT2D eigenvalue weighted by atomic mass is 9.85. The van der Waals surface area contributed by atoms with Gasteiger partial charge >= 0.3 is 0 Å². The van der Waals surface area contributed by atoms with Gasteiger partial charge < -0.3 is 4.74 Å². The Balaban J connectivity index is 2.07. The Kier molecular flexibility index (Phi) is 5.42. The Labute approximate surface area is 111 Å². The fraction of sp³-hybridized carbons (Fsp3) is 1.00. The first-order valence-corrected chi connectivity index (χ1v) is 7.62. The zero-order valence-corrected chi connectivity index (χ0v) is 11.8. The van der Waals surface area contributed by atoms with Gasteiger partial charge in [0.2, 0.25) is 0 Å². The average molecular weight is 255 g/mol. The second-order valence-electron chi connectivity index (χ2n) is 5.74. The summed E-state index contributed by atoms with van der Waals surface area (Å²) in [6.45, 7) is 6.04. The third kappa shape index (κ3) is 2.87. The molecule has 1 saturated heterocycles. The van der Waals surface area contributed by atoms with Crippen LogP contribution in [0.3, 0.4) is 0 Å². The maximum atomic E-state index is 5.83. The molecule has 18 heavy (non-hydrogen) atoms. The highest BCUT2D eigenvalue weighted by atomic mass is 16.5. The van der Waals surface area contributed by atoms with Crippen LogP contribution in [0.15, 0.2) is 0 Å². The number of ether oxygens (including phenoxy) is 1. The van der Waals surface area contributed by atoms with Gasteiger partial charge in [-0.15, -0.1) is 0 Å². The van der Waals surface area contributed by atoms with Crippen LogP contribution in [0, 0.1) is 0 Å². The number of likely N-dealkylation sites (tertiary alicyclic amines) is 1. The average Bonchev–Trinajstić information content (AvgIpc) is 2.91. The number of piperidine rings is 1. The molecule has 0 bridgehead atoms. The molecule has 0 spiro atoms. The van der Waals surface area contributed by atoms with Gasteiger partial charge in [-0.2, -0.15) is 0 Å². The Morgan fingerprint density at radius 3 is 2.39 bits per heavy atom. The van der Waals surface area contributed by atoms with E-state index in [9.17, 15) is 0 Å². The minimum atomic E-state index is 0.254. The zero-order valence-electron chi connectivity index (χ0n) is 11.8. The van der Waals surface area contributed by atoms with Gasteiger partial charge in [-0.3, -0.25) is 16.2 Å². The summed E-state index contributed by atoms with van der Waals surface area (Å²) in [5.74, 6) is 5.83. The molecular formula is C14H29N3O. The van der Waals surface area contributed by atoms with Crippen LogP contribution in [0.2, 0.25) is 0 Å². The van der Waals surface area contributed by atoms with Crippen molar-refractivity contribution < 1.29 is 4.74 Å². The van der Waals surface area contributed by atoms with E-state index in [0.717, 1.165) is 13.2 Å². The highest BCUT2D eigenvalue weighted by Gasteiger charge is 2.45. The smallest absolute Gasteiger partial charge is 0.0651 e. The maximum Gasteiger partial charge on any atom is 0.0651 e. The van der Waals surface area contributed by atoms with Crippen LogP contribution in [0.5, 0.6) is 0 Å². The Morgan fingerprint density at radius 2 is 1.83 bits per heavy atom. The molecule has 3 N–H and O–H groups in total. The number of nitrogens with one attached hydrogen (secondary N) is 1. The molecule has 1 heterocycles. The molecule has 0 amide bonds. The van der Waals surface area contributed by atoms with E-state index in [2.05, 4.69) is 17.2 Å². The lowest BCUT2D eigenvalue weighted by molar-refractivity contribution is 0.000204. The van der Waals surface area contributed by atoms with Crippen LogP contribution in [0.4, 0.5) is 0 Å². The summed E-state index contributed by atoms with van der Waals surface area (Å²) in [6, 6.07) is 0.276. The highest BCUT2D eigenvalue weighted by Crippen LogP contribution is 2.39. The van der Waals surface area contributed by atoms with E-state index in [-0.39, 0.29) is 11.6 Å². The summed E-state index contributed by atoms with van der Waals surface area (Å²) >= 11 is 0. The topological polar surface area (TPSA) is 50.5 Å². The van der Waals surface area contributed by atoms with E-state index >= 15 is 0 Å². The second kappa shape index (κ2) is 6.85. The summed E-state index contributed by atoms with van der Waals surface area (Å²) in [7, 11) is 0. The normalized spacial score (nSPS) is 26.3. The fourth-order valence-electron chi connectivity index (χ4n) is 3.81. The minimum absolute atomic E-state index is 0.254. The van der Waals surface area contributed by atoms with Crippen molar-refractivity contribution in [1.82, 2.24) is 10.3 Å². The number of hydrazine groups is 1. The molecule has 0 aromatic rings. The third-order valence-corrected chi connectivity index (χ3v) is 4.79. The molecule has 2 aliphatic rings. The molecule has 4 nitrogen and oxygen atoms in total. The molecule has 0 aromatic carbocycles. The first-order valence-electron chi connectivity index (χ1n) is 7.62. The van der Waals surface area contributed by atoms with Gasteiger partial charge in [0.1, 0.15) is 0 Å². The molecule has 0 aromatic heterocycles. The second-order valence-corrected chi connectivity index (χ2v) is 5.74. The van der Waals surface area contributed by atoms with Crippen molar-refractivity contribution in [2.24, 2.45) is 5.84 Å². The number of hydrogen-bond acceptors (Lipinski definition) is 4. The molecule has 1 saturated carbocycles. The van der Waals surface area contributed by atoms with Crippen molar-refractivity contribution in [1.29, 1.82) is 0 Å². The number of nitrogens with zero attached hydrogens (tertiary/aromatic N) is 1. The molecule has 1 aliphatic heterocycles. The van der Waals surface area contributed by atoms with Gasteiger partial charge in [-0.1, -0.05) is 19.3 Å². The zero-order chi connectivity index (χ0) is 12.8. The van der Waals surface area contributed by atoms with Gasteiger partial charge in [-0.25, -0.2) is 0 Å². The molecule has 106 valence electrons. The molecule has 0 radical (unpaired) electrons. The minimum Gasteiger partial charge on any atom is -0.380 e. The standard InChI is InChI=1S/C14H29N3O/c1-2-18-12-13(16-15)14(8-4-5-9-14)17-10-6-3-7-11-17/h13,16H,2-12,15H2,1H3. The lowest BCUT2D eigenvalue weighted by Gasteiger charge is -2.48. The maximum absolute atomic E-state index is 5.83. The summed E-state index contributed by atoms with van der Waals surface area (Å²) in [6.07, 6.45) is 9.28. The number of rotatable bonds is 6. The Bertz CT molecular complexity index is 235. The molecule has 1 aliphatic carbocycles. The summed E-state index contributed by atoms with van der Waals surface area (Å²) in [5.41, 5.74) is 3.30. The Hall–Kier alpha value is -0.160. The van der Waals surface area contributed by atoms with E-state index in [1.165, 1.54) is 58.0 Å². The van der Waals surface area contributed by atoms with Gasteiger partial charge in [0.15, 0.2) is 0 Å². The van der Waals surface area contributed by atoms with Crippen LogP contribution in [0.1, 0.15) is 51.9 Å². The van der Waals surface area contributed by atoms with Gasteiger partial charge in [-0.05, 0) is 45.7 Å². The Morgan fingerprint density at radius 1 is 1.17 bits per heavy atom. The van der Waals surface area contributed by atoms with E-state index < -0.39 is 0 Å². The fourth-order valence-corrected chi connectivity index (χ4v) is 3.81. The number of nitrogens with two attached hydrogens (primary N) is 1. The largest absolute Gasteiger partial charge is 0.380 e. The van der Waals surface area contributed by atoms with Crippen LogP contribution < -0.4 is 11.3 Å². The predicted molar refractivity (Wildman–Crippen MR) is 74.2 cm³/mol. The quantitative estimate of drug-likeness (QED) is 0.560. The highest BCUT2D eigenvalue weighted by molar-refractivity contribution is 5.03. The van der Waals surface area contributed by atoms with Crippen molar-refractivity contribution in [2.75, 3.05) is 26.3 Å². The van der Waals surface area contributed by atoms with E-state index in [4.69, 9.17) is 10.6 Å². The summed E-state index contributed by atoms with van der Waals surface area (Å²) in [5, 5.41) is 0. The monoisotopic (exact) mass is 255 g/mol. The molecule has 1 atom stereocenters. The van der Waals surface area contributed by atoms with E-state index in [1.807, 2.05) is 0 Å². The van der Waals surface area contributed by atoms with Gasteiger partial charge in [0, 0.05) is 12.1 Å². The van der Waals surface area contributed by atoms with Crippen molar-refractivity contribution in [2.45, 2.75) is 63.5 Å². The SMILES string of the molecule is CCOCC(NN)C1(N2CCCCC2)CCCC1. The van der Waals surface area contributed by atoms with Crippen molar-refractivity contribution in [3.05, 3.63) is 0 Å². The van der Waals surface area contributed by atoms with Gasteiger partial charge in [0.05, 0.1) is 12.6 Å². The number of hydrogen-bond donors (Lipinski definition) is 2. The van der Waals surface area contributed by atoms with Crippen molar-refractivity contribution >= 4 is 0 Å². The van der Waals surface area contributed by atoms with E-state index in [0.29, 0.717) is 0 Å². The van der Waals surface area contributed by atoms with Crippen LogP contribution in [0.25, 0.3) is 0 Å². The third-order valence-electron chi connectivity index (χ3n) is 4.79. The first kappa shape index (κ1) is 14.3. The van der Waals surface area contributed by atoms with Crippen molar-refractivity contribution in [3.8, 4) is 0 Å². The van der Waals surface area contributed by atoms with Crippen LogP contribution in [-0.4, -0.2) is 42.8 Å². The molecule has 2 rings (SSSR count). The first-order chi connectivity index (χ1) is 8.83. The molecule has 1 unspecified atom stereocenters. The van der Waals surface area contributed by atoms with E-state index in [1.54, 1.807) is 0 Å². The summed E-state index contributed by atoms with van der Waals surface area (Å²) < 4.78 is 5.65. The summed E-state index contributed by atoms with van der Waals surface area (Å²) in [4.78, 5) is 2.70. The molecular weight excluding hydrogens is 226 g/mol. The molecule has 2 fully saturated rings. The van der Waals surface area contributed by atoms with Crippen LogP contribution in [-0.2, 0) is 4.74 Å². The lowest BCUT2D eigenvalue weighted by Crippen LogP contribution is -2.64. The molecule has 4 heteroatoms. The van der Waals surface area contributed by atoms with Crippen LogP contribution >= 0.6 is 0 Å². The van der Waals surface area contributed by atoms with Crippen molar-refractivity contribution in [3.63, 3.8) is 0 Å². The predicted octanol–water partition coefficient (Wildman–Crippen LogP) is 1.65. The van der Waals surface area contributed by atoms with Gasteiger partial charge in [0.25, 0.3) is 0 Å².